The maximum absolute atomic E-state index is 10.8. The lowest BCUT2D eigenvalue weighted by Crippen LogP contribution is -2.34. The van der Waals surface area contributed by atoms with Crippen LogP contribution in [0.25, 0.3) is 0 Å². The third kappa shape index (κ3) is 3.45. The second kappa shape index (κ2) is 5.88. The van der Waals surface area contributed by atoms with E-state index in [4.69, 9.17) is 9.47 Å². The number of methoxy groups -OCH3 is 1. The Morgan fingerprint density at radius 3 is 2.58 bits per heavy atom. The highest BCUT2D eigenvalue weighted by Crippen LogP contribution is 2.38. The van der Waals surface area contributed by atoms with Gasteiger partial charge in [-0.1, -0.05) is 0 Å². The molecule has 0 unspecified atom stereocenters. The van der Waals surface area contributed by atoms with Crippen LogP contribution in [0.15, 0.2) is 18.5 Å². The number of aromatic nitrogens is 1. The highest BCUT2D eigenvalue weighted by atomic mass is 16.5. The Hall–Kier alpha value is -1.13. The summed E-state index contributed by atoms with van der Waals surface area (Å²) in [6, 6.07) is 1.90. The van der Waals surface area contributed by atoms with Crippen LogP contribution in [0, 0.1) is 0 Å². The number of nitrogens with zero attached hydrogens (tertiary/aromatic N) is 1. The number of rotatable bonds is 4. The van der Waals surface area contributed by atoms with Gasteiger partial charge in [0.1, 0.15) is 5.75 Å². The van der Waals surface area contributed by atoms with Crippen molar-refractivity contribution in [1.82, 2.24) is 4.98 Å². The monoisotopic (exact) mass is 265 g/mol. The number of ether oxygens (including phenoxy) is 2. The van der Waals surface area contributed by atoms with Gasteiger partial charge in [-0.25, -0.2) is 0 Å². The van der Waals surface area contributed by atoms with Gasteiger partial charge in [0.2, 0.25) is 0 Å². The fraction of sp³-hybridized carbons (Fsp3) is 0.667. The molecule has 0 amide bonds. The molecule has 1 aliphatic rings. The lowest BCUT2D eigenvalue weighted by atomic mass is 9.79. The zero-order valence-electron chi connectivity index (χ0n) is 11.9. The van der Waals surface area contributed by atoms with Gasteiger partial charge in [0.05, 0.1) is 24.0 Å². The molecule has 19 heavy (non-hydrogen) atoms. The highest BCUT2D eigenvalue weighted by Gasteiger charge is 2.35. The van der Waals surface area contributed by atoms with Crippen molar-refractivity contribution in [2.75, 3.05) is 7.11 Å². The van der Waals surface area contributed by atoms with Crippen LogP contribution in [0.5, 0.6) is 5.75 Å². The van der Waals surface area contributed by atoms with Gasteiger partial charge in [0.15, 0.2) is 0 Å². The fourth-order valence-corrected chi connectivity index (χ4v) is 2.60. The minimum absolute atomic E-state index is 0.107. The SMILES string of the molecule is COC1CCC(O)(c2cncc(OC(C)C)c2)CC1. The van der Waals surface area contributed by atoms with Gasteiger partial charge in [0.25, 0.3) is 0 Å². The zero-order chi connectivity index (χ0) is 13.9. The Labute approximate surface area is 114 Å². The average Bonchev–Trinajstić information content (AvgIpc) is 2.39. The van der Waals surface area contributed by atoms with Crippen molar-refractivity contribution in [3.8, 4) is 5.75 Å². The Morgan fingerprint density at radius 2 is 2.00 bits per heavy atom. The molecule has 0 bridgehead atoms. The topological polar surface area (TPSA) is 51.6 Å². The molecule has 4 nitrogen and oxygen atoms in total. The largest absolute Gasteiger partial charge is 0.489 e. The van der Waals surface area contributed by atoms with Crippen molar-refractivity contribution in [1.29, 1.82) is 0 Å². The minimum atomic E-state index is -0.793. The normalized spacial score (nSPS) is 27.5. The fourth-order valence-electron chi connectivity index (χ4n) is 2.60. The molecular formula is C15H23NO3. The predicted octanol–water partition coefficient (Wildman–Crippen LogP) is 2.65. The van der Waals surface area contributed by atoms with Crippen molar-refractivity contribution in [2.24, 2.45) is 0 Å². The van der Waals surface area contributed by atoms with Crippen LogP contribution >= 0.6 is 0 Å². The van der Waals surface area contributed by atoms with Crippen LogP contribution in [0.1, 0.15) is 45.1 Å². The third-order valence-corrected chi connectivity index (χ3v) is 3.72. The van der Waals surface area contributed by atoms with Crippen LogP contribution < -0.4 is 4.74 Å². The Bertz CT molecular complexity index is 412. The molecular weight excluding hydrogens is 242 g/mol. The highest BCUT2D eigenvalue weighted by molar-refractivity contribution is 5.28. The molecule has 0 saturated heterocycles. The van der Waals surface area contributed by atoms with E-state index in [0.29, 0.717) is 12.8 Å². The second-order valence-electron chi connectivity index (χ2n) is 5.54. The Balaban J connectivity index is 2.12. The van der Waals surface area contributed by atoms with Crippen molar-refractivity contribution in [3.05, 3.63) is 24.0 Å². The molecule has 0 radical (unpaired) electrons. The van der Waals surface area contributed by atoms with E-state index in [-0.39, 0.29) is 12.2 Å². The molecule has 106 valence electrons. The van der Waals surface area contributed by atoms with E-state index in [1.807, 2.05) is 19.9 Å². The first-order valence-electron chi connectivity index (χ1n) is 6.91. The van der Waals surface area contributed by atoms with Gasteiger partial charge in [-0.2, -0.15) is 0 Å². The summed E-state index contributed by atoms with van der Waals surface area (Å²) in [5, 5.41) is 10.8. The van der Waals surface area contributed by atoms with Gasteiger partial charge in [-0.15, -0.1) is 0 Å². The summed E-state index contributed by atoms with van der Waals surface area (Å²) in [7, 11) is 1.73. The number of aliphatic hydroxyl groups is 1. The molecule has 1 heterocycles. The summed E-state index contributed by atoms with van der Waals surface area (Å²) < 4.78 is 11.0. The van der Waals surface area contributed by atoms with E-state index >= 15 is 0 Å². The van der Waals surface area contributed by atoms with Crippen LogP contribution in [-0.4, -0.2) is 29.4 Å². The van der Waals surface area contributed by atoms with E-state index < -0.39 is 5.60 Å². The van der Waals surface area contributed by atoms with Crippen molar-refractivity contribution >= 4 is 0 Å². The lowest BCUT2D eigenvalue weighted by molar-refractivity contribution is -0.0477. The van der Waals surface area contributed by atoms with Crippen molar-refractivity contribution in [2.45, 2.75) is 57.3 Å². The van der Waals surface area contributed by atoms with Crippen LogP contribution in [0.4, 0.5) is 0 Å². The molecule has 2 rings (SSSR count). The summed E-state index contributed by atoms with van der Waals surface area (Å²) in [6.45, 7) is 3.95. The van der Waals surface area contributed by atoms with E-state index in [1.165, 1.54) is 0 Å². The quantitative estimate of drug-likeness (QED) is 0.909. The summed E-state index contributed by atoms with van der Waals surface area (Å²) in [5.41, 5.74) is 0.0541. The first kappa shape index (κ1) is 14.3. The molecule has 0 spiro atoms. The maximum Gasteiger partial charge on any atom is 0.138 e. The van der Waals surface area contributed by atoms with Crippen LogP contribution in [0.3, 0.4) is 0 Å². The molecule has 0 aromatic carbocycles. The van der Waals surface area contributed by atoms with Crippen LogP contribution in [-0.2, 0) is 10.3 Å². The maximum atomic E-state index is 10.8. The number of hydrogen-bond acceptors (Lipinski definition) is 4. The molecule has 1 aliphatic carbocycles. The lowest BCUT2D eigenvalue weighted by Gasteiger charge is -2.35. The summed E-state index contributed by atoms with van der Waals surface area (Å²) in [6.07, 6.45) is 6.97. The van der Waals surface area contributed by atoms with E-state index in [1.54, 1.807) is 19.5 Å². The number of pyridine rings is 1. The summed E-state index contributed by atoms with van der Waals surface area (Å²) in [4.78, 5) is 4.18. The second-order valence-corrected chi connectivity index (χ2v) is 5.54. The first-order valence-corrected chi connectivity index (χ1v) is 6.91. The minimum Gasteiger partial charge on any atom is -0.489 e. The molecule has 0 aliphatic heterocycles. The Kier molecular flexibility index (Phi) is 4.42. The Morgan fingerprint density at radius 1 is 1.32 bits per heavy atom. The predicted molar refractivity (Wildman–Crippen MR) is 73.2 cm³/mol. The molecule has 1 aromatic rings. The van der Waals surface area contributed by atoms with E-state index in [2.05, 4.69) is 4.98 Å². The van der Waals surface area contributed by atoms with Crippen molar-refractivity contribution < 1.29 is 14.6 Å². The average molecular weight is 265 g/mol. The molecule has 1 fully saturated rings. The van der Waals surface area contributed by atoms with Gasteiger partial charge in [-0.05, 0) is 45.6 Å². The van der Waals surface area contributed by atoms with Gasteiger partial charge < -0.3 is 14.6 Å². The van der Waals surface area contributed by atoms with Gasteiger partial charge in [-0.3, -0.25) is 4.98 Å². The molecule has 4 heteroatoms. The molecule has 1 saturated carbocycles. The van der Waals surface area contributed by atoms with Crippen LogP contribution in [0.2, 0.25) is 0 Å². The molecule has 0 atom stereocenters. The standard InChI is InChI=1S/C15H23NO3/c1-11(2)19-14-8-12(9-16-10-14)15(17)6-4-13(18-3)5-7-15/h8-11,13,17H,4-7H2,1-3H3. The summed E-state index contributed by atoms with van der Waals surface area (Å²) in [5.74, 6) is 0.717. The smallest absolute Gasteiger partial charge is 0.138 e. The third-order valence-electron chi connectivity index (χ3n) is 3.72. The summed E-state index contributed by atoms with van der Waals surface area (Å²) >= 11 is 0. The number of hydrogen-bond donors (Lipinski definition) is 1. The van der Waals surface area contributed by atoms with E-state index in [0.717, 1.165) is 24.2 Å². The van der Waals surface area contributed by atoms with Gasteiger partial charge >= 0.3 is 0 Å². The van der Waals surface area contributed by atoms with E-state index in [9.17, 15) is 5.11 Å². The first-order chi connectivity index (χ1) is 9.03. The zero-order valence-corrected chi connectivity index (χ0v) is 11.9. The van der Waals surface area contributed by atoms with Crippen molar-refractivity contribution in [3.63, 3.8) is 0 Å². The molecule has 1 aromatic heterocycles. The molecule has 1 N–H and O–H groups in total. The van der Waals surface area contributed by atoms with Gasteiger partial charge in [0, 0.05) is 18.9 Å².